The van der Waals surface area contributed by atoms with E-state index in [0.717, 1.165) is 15.3 Å². The van der Waals surface area contributed by atoms with E-state index in [1.54, 1.807) is 20.8 Å². The minimum absolute atomic E-state index is 0.208. The van der Waals surface area contributed by atoms with Crippen molar-refractivity contribution in [2.45, 2.75) is 52.3 Å². The molecule has 0 spiro atoms. The lowest BCUT2D eigenvalue weighted by atomic mass is 10.1. The molecule has 3 rings (SSSR count). The maximum atomic E-state index is 12.1. The summed E-state index contributed by atoms with van der Waals surface area (Å²) in [5, 5.41) is 32.4. The fourth-order valence-corrected chi connectivity index (χ4v) is 5.14. The summed E-state index contributed by atoms with van der Waals surface area (Å²) in [6, 6.07) is 3.20. The number of thiophene rings is 2. The summed E-state index contributed by atoms with van der Waals surface area (Å²) in [5.74, 6) is 0. The van der Waals surface area contributed by atoms with E-state index in [1.165, 1.54) is 33.8 Å². The molecule has 0 aliphatic carbocycles. The Balaban J connectivity index is 1.89. The van der Waals surface area contributed by atoms with Crippen molar-refractivity contribution in [1.82, 2.24) is 15.5 Å². The molecule has 172 valence electrons. The quantitative estimate of drug-likeness (QED) is 0.465. The molecule has 0 fully saturated rings. The van der Waals surface area contributed by atoms with Gasteiger partial charge in [-0.2, -0.15) is 5.10 Å². The fourth-order valence-electron chi connectivity index (χ4n) is 3.10. The van der Waals surface area contributed by atoms with Gasteiger partial charge < -0.3 is 20.3 Å². The van der Waals surface area contributed by atoms with Crippen LogP contribution in [0.25, 0.3) is 10.2 Å². The lowest BCUT2D eigenvalue weighted by molar-refractivity contribution is 0.0483. The van der Waals surface area contributed by atoms with E-state index in [1.807, 2.05) is 24.4 Å². The van der Waals surface area contributed by atoms with Gasteiger partial charge in [0.25, 0.3) is 0 Å². The Morgan fingerprint density at radius 3 is 2.69 bits per heavy atom. The van der Waals surface area contributed by atoms with Gasteiger partial charge in [-0.25, -0.2) is 9.59 Å². The number of fused-ring (bicyclic) bond motifs is 1. The largest absolute Gasteiger partial charge is 0.465 e. The lowest BCUT2D eigenvalue weighted by Crippen LogP contribution is -2.42. The first-order valence-electron chi connectivity index (χ1n) is 9.96. The average Bonchev–Trinajstić information content (AvgIpc) is 3.32. The molecule has 0 aromatic carbocycles. The number of carboxylic acid groups (broad SMARTS) is 1. The zero-order valence-corrected chi connectivity index (χ0v) is 19.9. The predicted molar refractivity (Wildman–Crippen MR) is 125 cm³/mol. The van der Waals surface area contributed by atoms with Crippen LogP contribution in [0.3, 0.4) is 0 Å². The molecule has 1 atom stereocenters. The summed E-state index contributed by atoms with van der Waals surface area (Å²) < 4.78 is 5.97. The molecule has 32 heavy (non-hydrogen) atoms. The number of amides is 2. The van der Waals surface area contributed by atoms with Gasteiger partial charge >= 0.3 is 12.2 Å². The van der Waals surface area contributed by atoms with E-state index >= 15 is 0 Å². The number of rotatable bonds is 7. The van der Waals surface area contributed by atoms with Gasteiger partial charge in [-0.1, -0.05) is 6.07 Å². The Hall–Kier alpha value is -2.76. The van der Waals surface area contributed by atoms with Gasteiger partial charge in [-0.05, 0) is 44.7 Å². The molecule has 0 radical (unpaired) electrons. The van der Waals surface area contributed by atoms with E-state index < -0.39 is 23.8 Å². The molecule has 0 unspecified atom stereocenters. The number of alkyl carbamates (subject to hydrolysis) is 1. The van der Waals surface area contributed by atoms with Crippen molar-refractivity contribution in [1.29, 1.82) is 0 Å². The number of aryl methyl sites for hydroxylation is 1. The number of nitrogens with one attached hydrogen (secondary N) is 1. The third kappa shape index (κ3) is 5.72. The number of nitrogens with zero attached hydrogens (tertiary/aromatic N) is 3. The molecule has 9 nitrogen and oxygen atoms in total. The fraction of sp³-hybridized carbons (Fsp3) is 0.429. The molecule has 3 N–H and O–H groups in total. The van der Waals surface area contributed by atoms with E-state index in [-0.39, 0.29) is 13.2 Å². The highest BCUT2D eigenvalue weighted by atomic mass is 32.1. The first-order valence-corrected chi connectivity index (χ1v) is 11.7. The van der Waals surface area contributed by atoms with Crippen LogP contribution in [0.5, 0.6) is 0 Å². The van der Waals surface area contributed by atoms with Gasteiger partial charge in [-0.3, -0.25) is 4.90 Å². The van der Waals surface area contributed by atoms with E-state index in [2.05, 4.69) is 15.5 Å². The number of anilines is 1. The predicted octanol–water partition coefficient (Wildman–Crippen LogP) is 4.17. The molecular formula is C21H26N4O5S2. The highest BCUT2D eigenvalue weighted by molar-refractivity contribution is 7.19. The zero-order valence-electron chi connectivity index (χ0n) is 18.3. The number of carbonyl (C=O) groups excluding carboxylic acids is 1. The van der Waals surface area contributed by atoms with Crippen molar-refractivity contribution >= 4 is 50.8 Å². The van der Waals surface area contributed by atoms with Crippen LogP contribution in [0, 0.1) is 6.92 Å². The van der Waals surface area contributed by atoms with Gasteiger partial charge in [0, 0.05) is 16.2 Å². The van der Waals surface area contributed by atoms with Crippen LogP contribution >= 0.6 is 22.7 Å². The Kier molecular flexibility index (Phi) is 7.32. The highest BCUT2D eigenvalue weighted by Gasteiger charge is 2.25. The number of aromatic nitrogens is 2. The van der Waals surface area contributed by atoms with Crippen LogP contribution in [0.1, 0.15) is 36.1 Å². The maximum Gasteiger partial charge on any atom is 0.412 e. The molecule has 0 saturated carbocycles. The van der Waals surface area contributed by atoms with E-state index in [0.29, 0.717) is 22.3 Å². The third-order valence-electron chi connectivity index (χ3n) is 4.57. The summed E-state index contributed by atoms with van der Waals surface area (Å²) >= 11 is 2.87. The third-order valence-corrected chi connectivity index (χ3v) is 6.76. The number of hydrogen-bond donors (Lipinski definition) is 3. The van der Waals surface area contributed by atoms with Crippen LogP contribution in [0.2, 0.25) is 0 Å². The Morgan fingerprint density at radius 1 is 1.34 bits per heavy atom. The van der Waals surface area contributed by atoms with Crippen LogP contribution < -0.4 is 10.2 Å². The monoisotopic (exact) mass is 478 g/mol. The van der Waals surface area contributed by atoms with Gasteiger partial charge in [0.05, 0.1) is 35.8 Å². The molecule has 0 aliphatic heterocycles. The Morgan fingerprint density at radius 2 is 2.09 bits per heavy atom. The van der Waals surface area contributed by atoms with Crippen LogP contribution in [0.4, 0.5) is 15.3 Å². The van der Waals surface area contributed by atoms with Crippen molar-refractivity contribution in [3.63, 3.8) is 0 Å². The van der Waals surface area contributed by atoms with Gasteiger partial charge in [0.15, 0.2) is 0 Å². The standard InChI is InChI=1S/C21H26N4O5S2/c1-12-16(8-13(11-26)23-19(27)30-21(2,3)4)32-18-15(9-22-24-17(12)18)25(20(28)29)10-14-6-5-7-31-14/h5-7,9,13,26H,8,10-11H2,1-4H3,(H,23,27)(H,28,29)/t13-/m1/s1. The maximum absolute atomic E-state index is 12.1. The minimum Gasteiger partial charge on any atom is -0.465 e. The highest BCUT2D eigenvalue weighted by Crippen LogP contribution is 2.37. The summed E-state index contributed by atoms with van der Waals surface area (Å²) in [7, 11) is 0. The van der Waals surface area contributed by atoms with Gasteiger partial charge in [0.1, 0.15) is 11.1 Å². The average molecular weight is 479 g/mol. The number of carbonyl (C=O) groups is 2. The van der Waals surface area contributed by atoms with E-state index in [9.17, 15) is 19.8 Å². The summed E-state index contributed by atoms with van der Waals surface area (Å²) in [6.07, 6.45) is 0.107. The molecule has 3 aromatic rings. The van der Waals surface area contributed by atoms with Crippen LogP contribution in [-0.4, -0.2) is 50.8 Å². The summed E-state index contributed by atoms with van der Waals surface area (Å²) in [6.45, 7) is 7.10. The molecular weight excluding hydrogens is 452 g/mol. The molecule has 0 bridgehead atoms. The second-order valence-corrected chi connectivity index (χ2v) is 10.4. The van der Waals surface area contributed by atoms with Crippen molar-refractivity contribution in [2.75, 3.05) is 11.5 Å². The molecule has 0 aliphatic rings. The summed E-state index contributed by atoms with van der Waals surface area (Å²) in [5.41, 5.74) is 1.25. The number of aliphatic hydroxyl groups excluding tert-OH is 1. The lowest BCUT2D eigenvalue weighted by Gasteiger charge is -2.22. The number of hydrogen-bond acceptors (Lipinski definition) is 8. The normalized spacial score (nSPS) is 12.5. The van der Waals surface area contributed by atoms with Crippen molar-refractivity contribution in [3.05, 3.63) is 39.0 Å². The summed E-state index contributed by atoms with van der Waals surface area (Å²) in [4.78, 5) is 27.2. The SMILES string of the molecule is Cc1c(C[C@H](CO)NC(=O)OC(C)(C)C)sc2c(N(Cc3cccs3)C(=O)O)cnnc12. The van der Waals surface area contributed by atoms with Crippen LogP contribution in [0.15, 0.2) is 23.7 Å². The van der Waals surface area contributed by atoms with Gasteiger partial charge in [-0.15, -0.1) is 27.8 Å². The zero-order chi connectivity index (χ0) is 23.5. The second-order valence-electron chi connectivity index (χ2n) is 8.24. The van der Waals surface area contributed by atoms with Crippen molar-refractivity contribution in [3.8, 4) is 0 Å². The van der Waals surface area contributed by atoms with Crippen molar-refractivity contribution in [2.24, 2.45) is 0 Å². The smallest absolute Gasteiger partial charge is 0.412 e. The second kappa shape index (κ2) is 9.80. The first kappa shape index (κ1) is 23.9. The first-order chi connectivity index (χ1) is 15.1. The Labute approximate surface area is 193 Å². The minimum atomic E-state index is -1.08. The van der Waals surface area contributed by atoms with Crippen molar-refractivity contribution < 1.29 is 24.5 Å². The molecule has 3 heterocycles. The topological polar surface area (TPSA) is 125 Å². The number of ether oxygens (including phenoxy) is 1. The van der Waals surface area contributed by atoms with Gasteiger partial charge in [0.2, 0.25) is 0 Å². The molecule has 11 heteroatoms. The molecule has 3 aromatic heterocycles. The molecule has 0 saturated heterocycles. The number of aliphatic hydroxyl groups is 1. The van der Waals surface area contributed by atoms with Crippen LogP contribution in [-0.2, 0) is 17.7 Å². The van der Waals surface area contributed by atoms with E-state index in [4.69, 9.17) is 4.74 Å². The molecule has 2 amide bonds. The Bertz CT molecular complexity index is 1090.